The molecule has 104 valence electrons. The summed E-state index contributed by atoms with van der Waals surface area (Å²) in [6, 6.07) is 13.0. The van der Waals surface area contributed by atoms with Gasteiger partial charge in [0.15, 0.2) is 0 Å². The number of nitrogens with zero attached hydrogens (tertiary/aromatic N) is 3. The Morgan fingerprint density at radius 3 is 2.95 bits per heavy atom. The number of para-hydroxylation sites is 1. The van der Waals surface area contributed by atoms with Crippen LogP contribution < -0.4 is 4.90 Å². The first kappa shape index (κ1) is 12.5. The molecular weight excluding hydrogens is 278 g/mol. The van der Waals surface area contributed by atoms with Crippen LogP contribution >= 0.6 is 11.3 Å². The fourth-order valence-electron chi connectivity index (χ4n) is 2.91. The molecule has 3 nitrogen and oxygen atoms in total. The van der Waals surface area contributed by atoms with Gasteiger partial charge in [0.25, 0.3) is 0 Å². The molecule has 4 rings (SSSR count). The van der Waals surface area contributed by atoms with Crippen molar-refractivity contribution in [1.82, 2.24) is 9.97 Å². The van der Waals surface area contributed by atoms with Gasteiger partial charge in [0.2, 0.25) is 5.95 Å². The minimum Gasteiger partial charge on any atom is -0.307 e. The summed E-state index contributed by atoms with van der Waals surface area (Å²) >= 11 is 1.69. The smallest absolute Gasteiger partial charge is 0.230 e. The van der Waals surface area contributed by atoms with Crippen molar-refractivity contribution in [3.05, 3.63) is 58.9 Å². The number of anilines is 2. The lowest BCUT2D eigenvalue weighted by Crippen LogP contribution is -2.25. The summed E-state index contributed by atoms with van der Waals surface area (Å²) < 4.78 is 0. The van der Waals surface area contributed by atoms with E-state index < -0.39 is 0 Å². The molecule has 0 amide bonds. The second-order valence-corrected chi connectivity index (χ2v) is 6.09. The van der Waals surface area contributed by atoms with Crippen LogP contribution in [0.15, 0.2) is 53.4 Å². The Morgan fingerprint density at radius 1 is 1.19 bits per heavy atom. The lowest BCUT2D eigenvalue weighted by atomic mass is 10.1. The Balaban J connectivity index is 1.79. The summed E-state index contributed by atoms with van der Waals surface area (Å²) in [6.45, 7) is 2.22. The van der Waals surface area contributed by atoms with Crippen molar-refractivity contribution in [3.8, 4) is 11.3 Å². The third-order valence-electron chi connectivity index (χ3n) is 3.88. The summed E-state index contributed by atoms with van der Waals surface area (Å²) in [5, 5.41) is 4.19. The van der Waals surface area contributed by atoms with Crippen LogP contribution in [-0.4, -0.2) is 16.0 Å². The number of aromatic nitrogens is 2. The Morgan fingerprint density at radius 2 is 2.10 bits per heavy atom. The van der Waals surface area contributed by atoms with E-state index in [1.807, 2.05) is 12.3 Å². The van der Waals surface area contributed by atoms with Crippen LogP contribution in [-0.2, 0) is 6.42 Å². The predicted molar refractivity (Wildman–Crippen MR) is 87.1 cm³/mol. The van der Waals surface area contributed by atoms with Gasteiger partial charge < -0.3 is 4.90 Å². The monoisotopic (exact) mass is 293 g/mol. The molecule has 0 aliphatic carbocycles. The fraction of sp³-hybridized carbons (Fsp3) is 0.176. The molecule has 0 bridgehead atoms. The first-order chi connectivity index (χ1) is 10.3. The topological polar surface area (TPSA) is 29.0 Å². The Hall–Kier alpha value is -2.20. The second kappa shape index (κ2) is 4.97. The maximum absolute atomic E-state index is 4.77. The van der Waals surface area contributed by atoms with Gasteiger partial charge in [0, 0.05) is 28.9 Å². The number of thiophene rings is 1. The van der Waals surface area contributed by atoms with E-state index in [1.165, 1.54) is 11.3 Å². The zero-order chi connectivity index (χ0) is 14.2. The maximum Gasteiger partial charge on any atom is 0.230 e. The molecular formula is C17H15N3S. The summed E-state index contributed by atoms with van der Waals surface area (Å²) in [5.74, 6) is 0.788. The SMILES string of the molecule is CC1Cc2ccccc2N1c1nccc(-c2ccsc2)n1. The molecule has 3 aromatic rings. The van der Waals surface area contributed by atoms with Gasteiger partial charge in [-0.05, 0) is 42.5 Å². The van der Waals surface area contributed by atoms with Crippen LogP contribution in [0, 0.1) is 0 Å². The number of benzene rings is 1. The van der Waals surface area contributed by atoms with Gasteiger partial charge in [-0.15, -0.1) is 0 Å². The van der Waals surface area contributed by atoms with Crippen molar-refractivity contribution in [1.29, 1.82) is 0 Å². The standard InChI is InChI=1S/C17H15N3S/c1-12-10-13-4-2-3-5-16(13)20(12)17-18-8-6-15(19-17)14-7-9-21-11-14/h2-9,11-12H,10H2,1H3. The van der Waals surface area contributed by atoms with Gasteiger partial charge in [0.1, 0.15) is 0 Å². The van der Waals surface area contributed by atoms with E-state index in [1.54, 1.807) is 11.3 Å². The summed E-state index contributed by atoms with van der Waals surface area (Å²) in [6.07, 6.45) is 2.89. The van der Waals surface area contributed by atoms with Crippen molar-refractivity contribution < 1.29 is 0 Å². The summed E-state index contributed by atoms with van der Waals surface area (Å²) in [5.41, 5.74) is 4.74. The summed E-state index contributed by atoms with van der Waals surface area (Å²) in [7, 11) is 0. The van der Waals surface area contributed by atoms with Gasteiger partial charge in [-0.1, -0.05) is 18.2 Å². The number of fused-ring (bicyclic) bond motifs is 1. The highest BCUT2D eigenvalue weighted by Gasteiger charge is 2.28. The van der Waals surface area contributed by atoms with Crippen LogP contribution in [0.1, 0.15) is 12.5 Å². The molecule has 0 N–H and O–H groups in total. The largest absolute Gasteiger partial charge is 0.307 e. The van der Waals surface area contributed by atoms with Crippen LogP contribution in [0.2, 0.25) is 0 Å². The molecule has 3 heterocycles. The zero-order valence-corrected chi connectivity index (χ0v) is 12.5. The lowest BCUT2D eigenvalue weighted by molar-refractivity contribution is 0.740. The Bertz CT molecular complexity index is 767. The molecule has 0 spiro atoms. The molecule has 0 saturated heterocycles. The Kier molecular flexibility index (Phi) is 2.97. The normalized spacial score (nSPS) is 17.0. The highest BCUT2D eigenvalue weighted by Crippen LogP contribution is 2.36. The van der Waals surface area contributed by atoms with E-state index in [2.05, 4.69) is 57.9 Å². The molecule has 4 heteroatoms. The van der Waals surface area contributed by atoms with Crippen LogP contribution in [0.4, 0.5) is 11.6 Å². The highest BCUT2D eigenvalue weighted by molar-refractivity contribution is 7.08. The van der Waals surface area contributed by atoms with E-state index in [4.69, 9.17) is 4.98 Å². The van der Waals surface area contributed by atoms with Crippen molar-refractivity contribution in [3.63, 3.8) is 0 Å². The van der Waals surface area contributed by atoms with E-state index in [9.17, 15) is 0 Å². The molecule has 0 fully saturated rings. The van der Waals surface area contributed by atoms with Crippen LogP contribution in [0.3, 0.4) is 0 Å². The molecule has 1 aliphatic rings. The van der Waals surface area contributed by atoms with Crippen molar-refractivity contribution >= 4 is 23.0 Å². The molecule has 2 aromatic heterocycles. The van der Waals surface area contributed by atoms with Crippen LogP contribution in [0.25, 0.3) is 11.3 Å². The quantitative estimate of drug-likeness (QED) is 0.706. The third kappa shape index (κ3) is 2.12. The average molecular weight is 293 g/mol. The van der Waals surface area contributed by atoms with E-state index >= 15 is 0 Å². The lowest BCUT2D eigenvalue weighted by Gasteiger charge is -2.22. The van der Waals surface area contributed by atoms with Gasteiger partial charge in [0.05, 0.1) is 5.69 Å². The van der Waals surface area contributed by atoms with Gasteiger partial charge in [-0.3, -0.25) is 0 Å². The van der Waals surface area contributed by atoms with Crippen molar-refractivity contribution in [2.75, 3.05) is 4.90 Å². The molecule has 1 unspecified atom stereocenters. The summed E-state index contributed by atoms with van der Waals surface area (Å²) in [4.78, 5) is 11.5. The average Bonchev–Trinajstić information content (AvgIpc) is 3.14. The zero-order valence-electron chi connectivity index (χ0n) is 11.7. The van der Waals surface area contributed by atoms with E-state index in [-0.39, 0.29) is 0 Å². The first-order valence-corrected chi connectivity index (χ1v) is 8.00. The molecule has 21 heavy (non-hydrogen) atoms. The van der Waals surface area contributed by atoms with Gasteiger partial charge >= 0.3 is 0 Å². The molecule has 1 aliphatic heterocycles. The highest BCUT2D eigenvalue weighted by atomic mass is 32.1. The first-order valence-electron chi connectivity index (χ1n) is 7.06. The van der Waals surface area contributed by atoms with Gasteiger partial charge in [-0.2, -0.15) is 11.3 Å². The number of rotatable bonds is 2. The molecule has 0 saturated carbocycles. The van der Waals surface area contributed by atoms with Crippen LogP contribution in [0.5, 0.6) is 0 Å². The minimum absolute atomic E-state index is 0.389. The number of hydrogen-bond donors (Lipinski definition) is 0. The van der Waals surface area contributed by atoms with E-state index in [0.29, 0.717) is 6.04 Å². The second-order valence-electron chi connectivity index (χ2n) is 5.31. The Labute approximate surface area is 127 Å². The molecule has 1 atom stereocenters. The molecule has 0 radical (unpaired) electrons. The van der Waals surface area contributed by atoms with Crippen molar-refractivity contribution in [2.45, 2.75) is 19.4 Å². The molecule has 1 aromatic carbocycles. The fourth-order valence-corrected chi connectivity index (χ4v) is 3.56. The van der Waals surface area contributed by atoms with Gasteiger partial charge in [-0.25, -0.2) is 9.97 Å². The van der Waals surface area contributed by atoms with E-state index in [0.717, 1.165) is 23.6 Å². The third-order valence-corrected chi connectivity index (χ3v) is 4.57. The maximum atomic E-state index is 4.77. The number of hydrogen-bond acceptors (Lipinski definition) is 4. The predicted octanol–water partition coefficient (Wildman–Crippen LogP) is 4.29. The van der Waals surface area contributed by atoms with Crippen molar-refractivity contribution in [2.24, 2.45) is 0 Å². The minimum atomic E-state index is 0.389.